The number of aromatic nitrogens is 1. The number of halogens is 1. The Morgan fingerprint density at radius 1 is 1.21 bits per heavy atom. The summed E-state index contributed by atoms with van der Waals surface area (Å²) < 4.78 is 13.1. The van der Waals surface area contributed by atoms with Crippen molar-refractivity contribution in [3.05, 3.63) is 71.7 Å². The molecule has 0 saturated carbocycles. The fourth-order valence-corrected chi connectivity index (χ4v) is 4.31. The van der Waals surface area contributed by atoms with Gasteiger partial charge in [0.15, 0.2) is 0 Å². The van der Waals surface area contributed by atoms with Crippen molar-refractivity contribution < 1.29 is 9.18 Å². The van der Waals surface area contributed by atoms with Gasteiger partial charge in [-0.25, -0.2) is 4.39 Å². The lowest BCUT2D eigenvalue weighted by molar-refractivity contribution is 0.0730. The summed E-state index contributed by atoms with van der Waals surface area (Å²) in [4.78, 5) is 20.4. The molecule has 3 aromatic rings. The molecule has 152 valence electrons. The number of amides is 1. The first-order chi connectivity index (χ1) is 14.1. The minimum absolute atomic E-state index is 0.0740. The second kappa shape index (κ2) is 8.78. The van der Waals surface area contributed by atoms with Crippen LogP contribution in [0.15, 0.2) is 54.7 Å². The van der Waals surface area contributed by atoms with E-state index in [1.54, 1.807) is 0 Å². The van der Waals surface area contributed by atoms with Gasteiger partial charge in [-0.05, 0) is 73.0 Å². The van der Waals surface area contributed by atoms with E-state index in [0.717, 1.165) is 61.9 Å². The second-order valence-electron chi connectivity index (χ2n) is 8.15. The predicted octanol–water partition coefficient (Wildman–Crippen LogP) is 4.33. The van der Waals surface area contributed by atoms with Gasteiger partial charge in [0.1, 0.15) is 5.82 Å². The number of fused-ring (bicyclic) bond motifs is 1. The first kappa shape index (κ1) is 19.6. The Labute approximate surface area is 171 Å². The molecule has 2 heterocycles. The topological polar surface area (TPSA) is 39.3 Å². The molecule has 4 nitrogen and oxygen atoms in total. The summed E-state index contributed by atoms with van der Waals surface area (Å²) in [7, 11) is 1.90. The Bertz CT molecular complexity index is 966. The summed E-state index contributed by atoms with van der Waals surface area (Å²) >= 11 is 0. The van der Waals surface area contributed by atoms with Gasteiger partial charge in [-0.1, -0.05) is 18.2 Å². The van der Waals surface area contributed by atoms with Crippen molar-refractivity contribution in [2.24, 2.45) is 5.92 Å². The zero-order valence-electron chi connectivity index (χ0n) is 16.9. The Hall–Kier alpha value is -2.66. The molecule has 1 atom stereocenters. The molecule has 0 radical (unpaired) electrons. The highest BCUT2D eigenvalue weighted by Gasteiger charge is 2.23. The van der Waals surface area contributed by atoms with Crippen LogP contribution in [0.4, 0.5) is 4.39 Å². The molecule has 1 amide bonds. The fourth-order valence-electron chi connectivity index (χ4n) is 4.31. The number of piperidine rings is 1. The van der Waals surface area contributed by atoms with Crippen LogP contribution in [0, 0.1) is 11.7 Å². The first-order valence-corrected chi connectivity index (χ1v) is 10.4. The van der Waals surface area contributed by atoms with Gasteiger partial charge in [-0.3, -0.25) is 4.79 Å². The molecule has 1 aliphatic rings. The predicted molar refractivity (Wildman–Crippen MR) is 115 cm³/mol. The van der Waals surface area contributed by atoms with Gasteiger partial charge in [-0.15, -0.1) is 0 Å². The summed E-state index contributed by atoms with van der Waals surface area (Å²) in [5.41, 5.74) is 2.89. The molecule has 4 rings (SSSR count). The highest BCUT2D eigenvalue weighted by atomic mass is 19.1. The van der Waals surface area contributed by atoms with E-state index in [4.69, 9.17) is 0 Å². The fraction of sp³-hybridized carbons (Fsp3) is 0.375. The molecule has 0 spiro atoms. The number of aromatic amines is 1. The van der Waals surface area contributed by atoms with Gasteiger partial charge in [0, 0.05) is 44.0 Å². The largest absolute Gasteiger partial charge is 0.361 e. The van der Waals surface area contributed by atoms with E-state index in [-0.39, 0.29) is 11.7 Å². The zero-order valence-corrected chi connectivity index (χ0v) is 16.9. The Kier molecular flexibility index (Phi) is 5.95. The molecule has 1 aliphatic heterocycles. The van der Waals surface area contributed by atoms with Crippen molar-refractivity contribution in [2.45, 2.75) is 19.3 Å². The van der Waals surface area contributed by atoms with E-state index in [1.165, 1.54) is 17.7 Å². The van der Waals surface area contributed by atoms with Crippen molar-refractivity contribution >= 4 is 16.8 Å². The molecule has 5 heteroatoms. The van der Waals surface area contributed by atoms with Gasteiger partial charge in [0.25, 0.3) is 5.91 Å². The first-order valence-electron chi connectivity index (χ1n) is 10.4. The van der Waals surface area contributed by atoms with Crippen LogP contribution in [0.3, 0.4) is 0 Å². The molecule has 1 N–H and O–H groups in total. The zero-order chi connectivity index (χ0) is 20.2. The maximum atomic E-state index is 13.1. The average molecular weight is 394 g/mol. The number of carbonyl (C=O) groups is 1. The lowest BCUT2D eigenvalue weighted by atomic mass is 9.96. The Balaban J connectivity index is 1.30. The van der Waals surface area contributed by atoms with Crippen molar-refractivity contribution in [3.63, 3.8) is 0 Å². The van der Waals surface area contributed by atoms with E-state index < -0.39 is 0 Å². The van der Waals surface area contributed by atoms with E-state index in [9.17, 15) is 9.18 Å². The lowest BCUT2D eigenvalue weighted by Gasteiger charge is -2.34. The van der Waals surface area contributed by atoms with Crippen LogP contribution in [-0.2, 0) is 6.42 Å². The van der Waals surface area contributed by atoms with Crippen LogP contribution in [-0.4, -0.2) is 53.9 Å². The van der Waals surface area contributed by atoms with E-state index >= 15 is 0 Å². The third-order valence-electron chi connectivity index (χ3n) is 5.91. The molecule has 1 unspecified atom stereocenters. The lowest BCUT2D eigenvalue weighted by Crippen LogP contribution is -2.42. The highest BCUT2D eigenvalue weighted by molar-refractivity contribution is 5.97. The number of hydrogen-bond donors (Lipinski definition) is 1. The normalized spacial score (nSPS) is 17.5. The van der Waals surface area contributed by atoms with Gasteiger partial charge in [-0.2, -0.15) is 0 Å². The van der Waals surface area contributed by atoms with E-state index in [0.29, 0.717) is 5.92 Å². The summed E-state index contributed by atoms with van der Waals surface area (Å²) in [6.45, 7) is 3.85. The Morgan fingerprint density at radius 2 is 2.03 bits per heavy atom. The van der Waals surface area contributed by atoms with Crippen LogP contribution in [0.5, 0.6) is 0 Å². The summed E-state index contributed by atoms with van der Waals surface area (Å²) in [5, 5.41) is 1.12. The molecule has 1 aromatic heterocycles. The highest BCUT2D eigenvalue weighted by Crippen LogP contribution is 2.20. The van der Waals surface area contributed by atoms with Gasteiger partial charge in [0.05, 0.1) is 0 Å². The van der Waals surface area contributed by atoms with Gasteiger partial charge in [0.2, 0.25) is 0 Å². The van der Waals surface area contributed by atoms with Crippen LogP contribution >= 0.6 is 0 Å². The Morgan fingerprint density at radius 3 is 2.86 bits per heavy atom. The van der Waals surface area contributed by atoms with Crippen molar-refractivity contribution in [1.82, 2.24) is 14.8 Å². The quantitative estimate of drug-likeness (QED) is 0.677. The molecule has 0 aliphatic carbocycles. The average Bonchev–Trinajstić information content (AvgIpc) is 3.21. The summed E-state index contributed by atoms with van der Waals surface area (Å²) in [6, 6.07) is 14.6. The van der Waals surface area contributed by atoms with E-state index in [2.05, 4.69) is 9.88 Å². The molecule has 1 saturated heterocycles. The second-order valence-corrected chi connectivity index (χ2v) is 8.15. The van der Waals surface area contributed by atoms with Crippen molar-refractivity contribution in [2.75, 3.05) is 33.2 Å². The smallest absolute Gasteiger partial charge is 0.253 e. The molecular weight excluding hydrogens is 365 g/mol. The number of nitrogens with one attached hydrogen (secondary N) is 1. The molecule has 1 fully saturated rings. The van der Waals surface area contributed by atoms with Crippen LogP contribution < -0.4 is 0 Å². The number of H-pyrrole nitrogens is 1. The van der Waals surface area contributed by atoms with E-state index in [1.807, 2.05) is 54.5 Å². The maximum absolute atomic E-state index is 13.1. The number of likely N-dealkylation sites (tertiary alicyclic amines) is 1. The van der Waals surface area contributed by atoms with Crippen molar-refractivity contribution in [1.29, 1.82) is 0 Å². The standard InChI is InChI=1S/C24H28FN3O/c1-27(24(29)21-7-6-20-10-12-26-23(20)15-21)16-19-3-2-13-28(17-19)14-11-18-4-8-22(25)9-5-18/h4-10,12,15,19,26H,2-3,11,13-14,16-17H2,1H3. The minimum atomic E-state index is -0.185. The van der Waals surface area contributed by atoms with Crippen molar-refractivity contribution in [3.8, 4) is 0 Å². The maximum Gasteiger partial charge on any atom is 0.253 e. The number of benzene rings is 2. The number of carbonyl (C=O) groups excluding carboxylic acids is 1. The number of rotatable bonds is 6. The van der Waals surface area contributed by atoms with Gasteiger partial charge >= 0.3 is 0 Å². The molecule has 0 bridgehead atoms. The minimum Gasteiger partial charge on any atom is -0.361 e. The molecular formula is C24H28FN3O. The summed E-state index contributed by atoms with van der Waals surface area (Å²) in [5.74, 6) is 0.375. The number of hydrogen-bond acceptors (Lipinski definition) is 2. The van der Waals surface area contributed by atoms with Crippen LogP contribution in [0.25, 0.3) is 10.9 Å². The van der Waals surface area contributed by atoms with Gasteiger partial charge < -0.3 is 14.8 Å². The third kappa shape index (κ3) is 4.85. The SMILES string of the molecule is CN(CC1CCCN(CCc2ccc(F)cc2)C1)C(=O)c1ccc2cc[nH]c2c1. The molecule has 2 aromatic carbocycles. The van der Waals surface area contributed by atoms with Crippen LogP contribution in [0.1, 0.15) is 28.8 Å². The monoisotopic (exact) mass is 393 g/mol. The van der Waals surface area contributed by atoms with Crippen LogP contribution in [0.2, 0.25) is 0 Å². The summed E-state index contributed by atoms with van der Waals surface area (Å²) in [6.07, 6.45) is 5.13. The third-order valence-corrected chi connectivity index (χ3v) is 5.91. The number of nitrogens with zero attached hydrogens (tertiary/aromatic N) is 2. The molecule has 29 heavy (non-hydrogen) atoms.